The van der Waals surface area contributed by atoms with Crippen molar-refractivity contribution in [3.05, 3.63) is 52.4 Å². The maximum Gasteiger partial charge on any atom is 0.354 e. The Bertz CT molecular complexity index is 972. The van der Waals surface area contributed by atoms with Crippen LogP contribution in [-0.4, -0.2) is 17.6 Å². The Morgan fingerprint density at radius 2 is 1.96 bits per heavy atom. The number of carbonyl (C=O) groups is 1. The second-order valence-electron chi connectivity index (χ2n) is 6.01. The van der Waals surface area contributed by atoms with Gasteiger partial charge in [0, 0.05) is 24.0 Å². The van der Waals surface area contributed by atoms with Gasteiger partial charge in [-0.1, -0.05) is 6.92 Å². The molecule has 0 saturated carbocycles. The lowest BCUT2D eigenvalue weighted by Crippen LogP contribution is -2.11. The molecule has 27 heavy (non-hydrogen) atoms. The van der Waals surface area contributed by atoms with E-state index in [9.17, 15) is 10.1 Å². The first-order valence-corrected chi connectivity index (χ1v) is 8.54. The Kier molecular flexibility index (Phi) is 6.41. The number of aryl methyl sites for hydroxylation is 1. The molecule has 0 fully saturated rings. The number of nitriles is 2. The Balaban J connectivity index is 2.32. The van der Waals surface area contributed by atoms with E-state index < -0.39 is 5.97 Å². The monoisotopic (exact) mass is 363 g/mol. The largest absolute Gasteiger partial charge is 0.493 e. The number of methoxy groups -OCH3 is 1. The molecule has 2 aromatic rings. The van der Waals surface area contributed by atoms with E-state index in [0.717, 1.165) is 29.9 Å². The van der Waals surface area contributed by atoms with Crippen LogP contribution in [0.3, 0.4) is 0 Å². The number of benzene rings is 1. The first kappa shape index (κ1) is 19.8. The van der Waals surface area contributed by atoms with Crippen molar-refractivity contribution in [1.29, 1.82) is 10.5 Å². The van der Waals surface area contributed by atoms with Crippen LogP contribution in [0.1, 0.15) is 35.9 Å². The molecule has 0 spiro atoms. The van der Waals surface area contributed by atoms with E-state index in [0.29, 0.717) is 5.56 Å². The molecule has 1 aromatic heterocycles. The maximum atomic E-state index is 12.5. The lowest BCUT2D eigenvalue weighted by atomic mass is 10.1. The summed E-state index contributed by atoms with van der Waals surface area (Å²) in [7, 11) is 1.41. The van der Waals surface area contributed by atoms with E-state index in [-0.39, 0.29) is 17.1 Å². The summed E-state index contributed by atoms with van der Waals surface area (Å²) >= 11 is 0. The topological polar surface area (TPSA) is 88.0 Å². The summed E-state index contributed by atoms with van der Waals surface area (Å²) in [5.41, 5.74) is 3.14. The van der Waals surface area contributed by atoms with Crippen molar-refractivity contribution < 1.29 is 14.3 Å². The fraction of sp³-hybridized carbons (Fsp3) is 0.286. The van der Waals surface area contributed by atoms with Gasteiger partial charge in [0.25, 0.3) is 0 Å². The third kappa shape index (κ3) is 4.37. The van der Waals surface area contributed by atoms with Crippen LogP contribution in [0.15, 0.2) is 29.8 Å². The molecule has 0 bridgehead atoms. The molecular formula is C21H21N3O3. The van der Waals surface area contributed by atoms with E-state index in [1.165, 1.54) is 31.4 Å². The number of rotatable bonds is 6. The quantitative estimate of drug-likeness (QED) is 0.336. The molecule has 0 saturated heterocycles. The van der Waals surface area contributed by atoms with Gasteiger partial charge in [-0.3, -0.25) is 0 Å². The van der Waals surface area contributed by atoms with Crippen molar-refractivity contribution in [3.8, 4) is 23.6 Å². The number of nitrogens with zero attached hydrogens (tertiary/aromatic N) is 3. The average Bonchev–Trinajstić information content (AvgIpc) is 2.93. The smallest absolute Gasteiger partial charge is 0.354 e. The van der Waals surface area contributed by atoms with Gasteiger partial charge in [-0.25, -0.2) is 4.79 Å². The minimum Gasteiger partial charge on any atom is -0.493 e. The fourth-order valence-electron chi connectivity index (χ4n) is 2.81. The lowest BCUT2D eigenvalue weighted by molar-refractivity contribution is -0.129. The van der Waals surface area contributed by atoms with Crippen molar-refractivity contribution in [2.75, 3.05) is 7.11 Å². The normalized spacial score (nSPS) is 10.8. The molecule has 0 aliphatic heterocycles. The van der Waals surface area contributed by atoms with Gasteiger partial charge in [-0.2, -0.15) is 10.5 Å². The van der Waals surface area contributed by atoms with Crippen molar-refractivity contribution in [2.24, 2.45) is 0 Å². The summed E-state index contributed by atoms with van der Waals surface area (Å²) in [6, 6.07) is 10.3. The molecule has 1 aromatic carbocycles. The first-order chi connectivity index (χ1) is 12.9. The molecule has 0 atom stereocenters. The van der Waals surface area contributed by atoms with Crippen LogP contribution in [0.4, 0.5) is 0 Å². The van der Waals surface area contributed by atoms with Gasteiger partial charge in [-0.05, 0) is 50.1 Å². The highest BCUT2D eigenvalue weighted by atomic mass is 16.6. The van der Waals surface area contributed by atoms with E-state index in [1.807, 2.05) is 32.1 Å². The van der Waals surface area contributed by atoms with Gasteiger partial charge >= 0.3 is 5.97 Å². The zero-order chi connectivity index (χ0) is 20.0. The Hall–Kier alpha value is -3.51. The van der Waals surface area contributed by atoms with Crippen LogP contribution in [0.25, 0.3) is 6.08 Å². The number of carbonyl (C=O) groups excluding carboxylic acids is 1. The molecule has 138 valence electrons. The van der Waals surface area contributed by atoms with Gasteiger partial charge in [0.1, 0.15) is 11.6 Å². The van der Waals surface area contributed by atoms with Crippen LogP contribution in [0.5, 0.6) is 11.5 Å². The molecule has 0 unspecified atom stereocenters. The zero-order valence-corrected chi connectivity index (χ0v) is 15.9. The molecule has 6 nitrogen and oxygen atoms in total. The average molecular weight is 363 g/mol. The van der Waals surface area contributed by atoms with E-state index >= 15 is 0 Å². The molecule has 0 N–H and O–H groups in total. The van der Waals surface area contributed by atoms with E-state index in [1.54, 1.807) is 0 Å². The van der Waals surface area contributed by atoms with Crippen LogP contribution in [0.2, 0.25) is 0 Å². The van der Waals surface area contributed by atoms with E-state index in [4.69, 9.17) is 14.7 Å². The number of esters is 1. The summed E-state index contributed by atoms with van der Waals surface area (Å²) in [6.07, 6.45) is 2.53. The summed E-state index contributed by atoms with van der Waals surface area (Å²) in [4.78, 5) is 12.5. The van der Waals surface area contributed by atoms with E-state index in [2.05, 4.69) is 11.5 Å². The molecule has 1 heterocycles. The molecule has 0 aliphatic carbocycles. The molecular weight excluding hydrogens is 342 g/mol. The minimum atomic E-state index is -0.777. The number of ether oxygens (including phenoxy) is 2. The highest BCUT2D eigenvalue weighted by Crippen LogP contribution is 2.29. The van der Waals surface area contributed by atoms with Crippen molar-refractivity contribution in [1.82, 2.24) is 4.57 Å². The SMILES string of the molecule is CCCn1c(C)cc(C=C(C#N)C(=O)Oc2ccc(C#N)cc2OC)c1C. The minimum absolute atomic E-state index is 0.113. The van der Waals surface area contributed by atoms with Crippen molar-refractivity contribution in [3.63, 3.8) is 0 Å². The predicted octanol–water partition coefficient (Wildman–Crippen LogP) is 3.91. The molecule has 2 rings (SSSR count). The molecule has 0 amide bonds. The van der Waals surface area contributed by atoms with Crippen LogP contribution in [0, 0.1) is 36.5 Å². The Morgan fingerprint density at radius 1 is 1.22 bits per heavy atom. The van der Waals surface area contributed by atoms with Crippen molar-refractivity contribution >= 4 is 12.0 Å². The lowest BCUT2D eigenvalue weighted by Gasteiger charge is -2.09. The second-order valence-corrected chi connectivity index (χ2v) is 6.01. The molecule has 0 radical (unpaired) electrons. The number of aromatic nitrogens is 1. The summed E-state index contributed by atoms with van der Waals surface area (Å²) in [6.45, 7) is 6.92. The Morgan fingerprint density at radius 3 is 2.56 bits per heavy atom. The molecule has 0 aliphatic rings. The van der Waals surface area contributed by atoms with Gasteiger partial charge in [0.15, 0.2) is 11.5 Å². The summed E-state index contributed by atoms with van der Waals surface area (Å²) in [5.74, 6) is -0.374. The van der Waals surface area contributed by atoms with Gasteiger partial charge in [-0.15, -0.1) is 0 Å². The van der Waals surface area contributed by atoms with Gasteiger partial charge in [0.2, 0.25) is 0 Å². The first-order valence-electron chi connectivity index (χ1n) is 8.54. The van der Waals surface area contributed by atoms with Crippen LogP contribution < -0.4 is 9.47 Å². The zero-order valence-electron chi connectivity index (χ0n) is 15.9. The third-order valence-corrected chi connectivity index (χ3v) is 4.20. The van der Waals surface area contributed by atoms with Crippen LogP contribution >= 0.6 is 0 Å². The maximum absolute atomic E-state index is 12.5. The second kappa shape index (κ2) is 8.73. The molecule has 6 heteroatoms. The van der Waals surface area contributed by atoms with Gasteiger partial charge in [0.05, 0.1) is 18.7 Å². The standard InChI is InChI=1S/C21H21N3O3/c1-5-8-24-14(2)9-17(15(24)3)11-18(13-23)21(25)27-19-7-6-16(12-22)10-20(19)26-4/h6-7,9-11H,5,8H2,1-4H3. The number of hydrogen-bond acceptors (Lipinski definition) is 5. The number of hydrogen-bond donors (Lipinski definition) is 0. The highest BCUT2D eigenvalue weighted by molar-refractivity contribution is 5.99. The van der Waals surface area contributed by atoms with Crippen molar-refractivity contribution in [2.45, 2.75) is 33.7 Å². The summed E-state index contributed by atoms with van der Waals surface area (Å²) in [5, 5.41) is 18.4. The van der Waals surface area contributed by atoms with Gasteiger partial charge < -0.3 is 14.0 Å². The Labute approximate surface area is 158 Å². The van der Waals surface area contributed by atoms with Crippen LogP contribution in [-0.2, 0) is 11.3 Å². The predicted molar refractivity (Wildman–Crippen MR) is 101 cm³/mol. The third-order valence-electron chi connectivity index (χ3n) is 4.20. The summed E-state index contributed by atoms with van der Waals surface area (Å²) < 4.78 is 12.6. The fourth-order valence-corrected chi connectivity index (χ4v) is 2.81. The highest BCUT2D eigenvalue weighted by Gasteiger charge is 2.17.